The molecule has 0 bridgehead atoms. The Hall–Kier alpha value is -0.940. The summed E-state index contributed by atoms with van der Waals surface area (Å²) in [6, 6.07) is 11.7. The van der Waals surface area contributed by atoms with Crippen LogP contribution in [-0.2, 0) is 16.0 Å². The Morgan fingerprint density at radius 3 is 2.43 bits per heavy atom. The predicted octanol–water partition coefficient (Wildman–Crippen LogP) is 1.90. The minimum atomic E-state index is 0.545. The van der Waals surface area contributed by atoms with E-state index in [1.165, 1.54) is 5.56 Å². The van der Waals surface area contributed by atoms with E-state index in [4.69, 9.17) is 9.47 Å². The second kappa shape index (κ2) is 9.15. The molecule has 3 rings (SSSR count). The zero-order valence-corrected chi connectivity index (χ0v) is 13.3. The molecule has 0 radical (unpaired) electrons. The SMILES string of the molecule is C[C@@H]1COCCN1.C[C@@H]1COCCN1Cc1ccccc1. The van der Waals surface area contributed by atoms with Crippen LogP contribution in [0.25, 0.3) is 0 Å². The van der Waals surface area contributed by atoms with Gasteiger partial charge in [-0.05, 0) is 19.4 Å². The molecule has 0 aliphatic carbocycles. The van der Waals surface area contributed by atoms with E-state index in [9.17, 15) is 0 Å². The van der Waals surface area contributed by atoms with Crippen LogP contribution in [0.4, 0.5) is 0 Å². The van der Waals surface area contributed by atoms with E-state index in [1.54, 1.807) is 0 Å². The van der Waals surface area contributed by atoms with Crippen LogP contribution in [-0.4, -0.2) is 56.5 Å². The van der Waals surface area contributed by atoms with Crippen LogP contribution >= 0.6 is 0 Å². The van der Waals surface area contributed by atoms with Gasteiger partial charge in [0.1, 0.15) is 0 Å². The van der Waals surface area contributed by atoms with Crippen molar-refractivity contribution in [3.63, 3.8) is 0 Å². The molecular weight excluding hydrogens is 264 g/mol. The Morgan fingerprint density at radius 2 is 1.86 bits per heavy atom. The zero-order valence-electron chi connectivity index (χ0n) is 13.3. The highest BCUT2D eigenvalue weighted by Crippen LogP contribution is 2.11. The Morgan fingerprint density at radius 1 is 1.10 bits per heavy atom. The first-order valence-electron chi connectivity index (χ1n) is 7.92. The number of hydrogen-bond donors (Lipinski definition) is 1. The second-order valence-electron chi connectivity index (χ2n) is 5.81. The van der Waals surface area contributed by atoms with E-state index < -0.39 is 0 Å². The number of morpholine rings is 2. The van der Waals surface area contributed by atoms with Gasteiger partial charge in [0, 0.05) is 31.7 Å². The van der Waals surface area contributed by atoms with Gasteiger partial charge in [-0.3, -0.25) is 4.90 Å². The highest BCUT2D eigenvalue weighted by molar-refractivity contribution is 5.14. The second-order valence-corrected chi connectivity index (χ2v) is 5.81. The van der Waals surface area contributed by atoms with Gasteiger partial charge in [0.05, 0.1) is 26.4 Å². The standard InChI is InChI=1S/C12H17NO.C5H11NO/c1-11-10-14-8-7-13(11)9-12-5-3-2-4-6-12;1-5-4-7-3-2-6-5/h2-6,11H,7-10H2,1H3;5-6H,2-4H2,1H3/t11-;5-/m11/s1. The minimum absolute atomic E-state index is 0.545. The van der Waals surface area contributed by atoms with E-state index >= 15 is 0 Å². The topological polar surface area (TPSA) is 33.7 Å². The third kappa shape index (κ3) is 6.14. The summed E-state index contributed by atoms with van der Waals surface area (Å²) in [6.07, 6.45) is 0. The highest BCUT2D eigenvalue weighted by Gasteiger charge is 2.18. The lowest BCUT2D eigenvalue weighted by Gasteiger charge is -2.33. The van der Waals surface area contributed by atoms with Crippen molar-refractivity contribution in [1.29, 1.82) is 0 Å². The van der Waals surface area contributed by atoms with Gasteiger partial charge in [-0.1, -0.05) is 30.3 Å². The van der Waals surface area contributed by atoms with Crippen molar-refractivity contribution in [1.82, 2.24) is 10.2 Å². The van der Waals surface area contributed by atoms with E-state index in [0.717, 1.165) is 46.1 Å². The normalized spacial score (nSPS) is 26.8. The molecule has 2 aliphatic rings. The zero-order chi connectivity index (χ0) is 14.9. The fourth-order valence-corrected chi connectivity index (χ4v) is 2.51. The molecule has 4 heteroatoms. The molecule has 0 unspecified atom stereocenters. The quantitative estimate of drug-likeness (QED) is 0.903. The first-order chi connectivity index (χ1) is 10.3. The third-order valence-electron chi connectivity index (χ3n) is 3.84. The molecule has 0 aromatic heterocycles. The van der Waals surface area contributed by atoms with E-state index in [-0.39, 0.29) is 0 Å². The van der Waals surface area contributed by atoms with Gasteiger partial charge in [0.25, 0.3) is 0 Å². The maximum Gasteiger partial charge on any atom is 0.0619 e. The Bertz CT molecular complexity index is 380. The highest BCUT2D eigenvalue weighted by atomic mass is 16.5. The fraction of sp³-hybridized carbons (Fsp3) is 0.647. The molecule has 2 fully saturated rings. The fourth-order valence-electron chi connectivity index (χ4n) is 2.51. The number of nitrogens with one attached hydrogen (secondary N) is 1. The summed E-state index contributed by atoms with van der Waals surface area (Å²) < 4.78 is 10.5. The van der Waals surface area contributed by atoms with E-state index in [1.807, 2.05) is 0 Å². The van der Waals surface area contributed by atoms with Crippen LogP contribution < -0.4 is 5.32 Å². The molecule has 1 N–H and O–H groups in total. The van der Waals surface area contributed by atoms with Crippen molar-refractivity contribution in [3.8, 4) is 0 Å². The molecule has 4 nitrogen and oxygen atoms in total. The monoisotopic (exact) mass is 292 g/mol. The van der Waals surface area contributed by atoms with Crippen LogP contribution in [0.3, 0.4) is 0 Å². The van der Waals surface area contributed by atoms with Crippen LogP contribution in [0.2, 0.25) is 0 Å². The van der Waals surface area contributed by atoms with E-state index in [0.29, 0.717) is 12.1 Å². The molecule has 2 heterocycles. The summed E-state index contributed by atoms with van der Waals surface area (Å²) in [4.78, 5) is 2.47. The molecule has 2 aliphatic heterocycles. The summed E-state index contributed by atoms with van der Waals surface area (Å²) in [5, 5.41) is 3.26. The lowest BCUT2D eigenvalue weighted by molar-refractivity contribution is -0.00436. The summed E-state index contributed by atoms with van der Waals surface area (Å²) in [5.74, 6) is 0. The Kier molecular flexibility index (Phi) is 7.16. The van der Waals surface area contributed by atoms with Gasteiger partial charge in [-0.25, -0.2) is 0 Å². The largest absolute Gasteiger partial charge is 0.379 e. The predicted molar refractivity (Wildman–Crippen MR) is 85.4 cm³/mol. The molecule has 1 aromatic carbocycles. The van der Waals surface area contributed by atoms with Crippen LogP contribution in [0.5, 0.6) is 0 Å². The third-order valence-corrected chi connectivity index (χ3v) is 3.84. The van der Waals surface area contributed by atoms with Crippen LogP contribution in [0.15, 0.2) is 30.3 Å². The smallest absolute Gasteiger partial charge is 0.0619 e. The van der Waals surface area contributed by atoms with Gasteiger partial charge < -0.3 is 14.8 Å². The summed E-state index contributed by atoms with van der Waals surface area (Å²) in [5.41, 5.74) is 1.39. The van der Waals surface area contributed by atoms with Crippen LogP contribution in [0, 0.1) is 0 Å². The van der Waals surface area contributed by atoms with E-state index in [2.05, 4.69) is 54.4 Å². The molecule has 0 saturated carbocycles. The first kappa shape index (κ1) is 16.4. The lowest BCUT2D eigenvalue weighted by atomic mass is 10.2. The summed E-state index contributed by atoms with van der Waals surface area (Å²) >= 11 is 0. The molecule has 2 saturated heterocycles. The van der Waals surface area contributed by atoms with Gasteiger partial charge in [0.2, 0.25) is 0 Å². The maximum atomic E-state index is 5.41. The van der Waals surface area contributed by atoms with Gasteiger partial charge in [-0.15, -0.1) is 0 Å². The number of rotatable bonds is 2. The molecule has 118 valence electrons. The summed E-state index contributed by atoms with van der Waals surface area (Å²) in [6.45, 7) is 11.0. The average molecular weight is 292 g/mol. The molecule has 2 atom stereocenters. The molecule has 0 amide bonds. The van der Waals surface area contributed by atoms with Gasteiger partial charge in [0.15, 0.2) is 0 Å². The number of ether oxygens (including phenoxy) is 2. The first-order valence-corrected chi connectivity index (χ1v) is 7.92. The molecular formula is C17H28N2O2. The Labute approximate surface area is 128 Å². The minimum Gasteiger partial charge on any atom is -0.379 e. The van der Waals surface area contributed by atoms with Crippen molar-refractivity contribution >= 4 is 0 Å². The molecule has 21 heavy (non-hydrogen) atoms. The molecule has 1 aromatic rings. The van der Waals surface area contributed by atoms with Crippen molar-refractivity contribution in [3.05, 3.63) is 35.9 Å². The van der Waals surface area contributed by atoms with Crippen molar-refractivity contribution < 1.29 is 9.47 Å². The lowest BCUT2D eigenvalue weighted by Crippen LogP contribution is -2.42. The van der Waals surface area contributed by atoms with Crippen molar-refractivity contribution in [2.75, 3.05) is 39.5 Å². The number of benzene rings is 1. The van der Waals surface area contributed by atoms with Crippen molar-refractivity contribution in [2.24, 2.45) is 0 Å². The maximum absolute atomic E-state index is 5.41. The van der Waals surface area contributed by atoms with Crippen molar-refractivity contribution in [2.45, 2.75) is 32.5 Å². The number of hydrogen-bond acceptors (Lipinski definition) is 4. The van der Waals surface area contributed by atoms with Gasteiger partial charge >= 0.3 is 0 Å². The van der Waals surface area contributed by atoms with Crippen LogP contribution in [0.1, 0.15) is 19.4 Å². The Balaban J connectivity index is 0.000000194. The summed E-state index contributed by atoms with van der Waals surface area (Å²) in [7, 11) is 0. The average Bonchev–Trinajstić information content (AvgIpc) is 2.52. The van der Waals surface area contributed by atoms with Gasteiger partial charge in [-0.2, -0.15) is 0 Å². The molecule has 0 spiro atoms. The number of nitrogens with zero attached hydrogens (tertiary/aromatic N) is 1.